The number of hydrogen-bond acceptors (Lipinski definition) is 2. The Morgan fingerprint density at radius 3 is 2.14 bits per heavy atom. The van der Waals surface area contributed by atoms with E-state index in [2.05, 4.69) is 21.2 Å². The van der Waals surface area contributed by atoms with Crippen molar-refractivity contribution in [2.75, 3.05) is 0 Å². The first kappa shape index (κ1) is 16.0. The number of nitrogens with one attached hydrogen (secondary N) is 1. The molecule has 1 amide bonds. The monoisotopic (exact) mass is 353 g/mol. The van der Waals surface area contributed by atoms with Crippen molar-refractivity contribution < 1.29 is 14.7 Å². The van der Waals surface area contributed by atoms with Gasteiger partial charge >= 0.3 is 5.97 Å². The van der Waals surface area contributed by atoms with E-state index in [1.54, 1.807) is 13.8 Å². The highest BCUT2D eigenvalue weighted by Gasteiger charge is 2.53. The lowest BCUT2D eigenvalue weighted by molar-refractivity contribution is -0.148. The Morgan fingerprint density at radius 1 is 1.24 bits per heavy atom. The molecule has 1 fully saturated rings. The van der Waals surface area contributed by atoms with Gasteiger partial charge in [0.1, 0.15) is 5.54 Å². The largest absolute Gasteiger partial charge is 0.480 e. The molecule has 0 aliphatic heterocycles. The van der Waals surface area contributed by atoms with Gasteiger partial charge in [0.15, 0.2) is 0 Å². The molecule has 1 aliphatic rings. The molecule has 21 heavy (non-hydrogen) atoms. The average molecular weight is 354 g/mol. The number of rotatable bonds is 6. The third kappa shape index (κ3) is 2.84. The minimum absolute atomic E-state index is 0.170. The minimum Gasteiger partial charge on any atom is -0.480 e. The van der Waals surface area contributed by atoms with Crippen LogP contribution in [0.5, 0.6) is 0 Å². The molecule has 1 saturated carbocycles. The highest BCUT2D eigenvalue weighted by atomic mass is 79.9. The van der Waals surface area contributed by atoms with Crippen LogP contribution in [-0.4, -0.2) is 22.5 Å². The molecule has 0 atom stereocenters. The van der Waals surface area contributed by atoms with E-state index >= 15 is 0 Å². The van der Waals surface area contributed by atoms with Gasteiger partial charge in [-0.1, -0.05) is 41.9 Å². The van der Waals surface area contributed by atoms with Gasteiger partial charge in [-0.2, -0.15) is 0 Å². The fraction of sp³-hybridized carbons (Fsp3) is 0.500. The van der Waals surface area contributed by atoms with E-state index in [9.17, 15) is 14.7 Å². The molecule has 4 nitrogen and oxygen atoms in total. The van der Waals surface area contributed by atoms with E-state index < -0.39 is 16.9 Å². The highest BCUT2D eigenvalue weighted by molar-refractivity contribution is 9.10. The van der Waals surface area contributed by atoms with E-state index in [0.29, 0.717) is 12.8 Å². The second-order valence-corrected chi connectivity index (χ2v) is 6.55. The van der Waals surface area contributed by atoms with E-state index in [1.807, 2.05) is 24.3 Å². The van der Waals surface area contributed by atoms with Crippen LogP contribution in [0.15, 0.2) is 28.7 Å². The fourth-order valence-electron chi connectivity index (χ4n) is 2.66. The molecule has 0 unspecified atom stereocenters. The van der Waals surface area contributed by atoms with Gasteiger partial charge in [0, 0.05) is 4.47 Å². The minimum atomic E-state index is -1.16. The van der Waals surface area contributed by atoms with E-state index in [4.69, 9.17) is 0 Å². The van der Waals surface area contributed by atoms with Gasteiger partial charge in [-0.05, 0) is 43.4 Å². The van der Waals surface area contributed by atoms with Crippen molar-refractivity contribution in [3.05, 3.63) is 34.3 Å². The van der Waals surface area contributed by atoms with Crippen molar-refractivity contribution in [1.82, 2.24) is 5.32 Å². The van der Waals surface area contributed by atoms with Gasteiger partial charge in [-0.25, -0.2) is 4.79 Å². The lowest BCUT2D eigenvalue weighted by atomic mass is 9.89. The van der Waals surface area contributed by atoms with Gasteiger partial charge in [0.05, 0.1) is 5.41 Å². The summed E-state index contributed by atoms with van der Waals surface area (Å²) in [5.74, 6) is -1.14. The lowest BCUT2D eigenvalue weighted by Crippen LogP contribution is -2.56. The van der Waals surface area contributed by atoms with Crippen LogP contribution in [0.2, 0.25) is 0 Å². The summed E-state index contributed by atoms with van der Waals surface area (Å²) in [6, 6.07) is 7.67. The van der Waals surface area contributed by atoms with Crippen LogP contribution in [-0.2, 0) is 15.0 Å². The normalized spacial score (nSPS) is 16.3. The summed E-state index contributed by atoms with van der Waals surface area (Å²) in [7, 11) is 0. The van der Waals surface area contributed by atoms with Crippen LogP contribution in [0, 0.1) is 0 Å². The van der Waals surface area contributed by atoms with Gasteiger partial charge in [-0.3, -0.25) is 4.79 Å². The van der Waals surface area contributed by atoms with Crippen molar-refractivity contribution in [2.45, 2.75) is 50.5 Å². The molecule has 2 N–H and O–H groups in total. The van der Waals surface area contributed by atoms with Crippen LogP contribution >= 0.6 is 15.9 Å². The van der Waals surface area contributed by atoms with Gasteiger partial charge < -0.3 is 10.4 Å². The third-order valence-electron chi connectivity index (χ3n) is 4.55. The number of carboxylic acid groups (broad SMARTS) is 1. The first-order valence-electron chi connectivity index (χ1n) is 7.22. The average Bonchev–Trinajstić information content (AvgIpc) is 3.26. The van der Waals surface area contributed by atoms with Crippen molar-refractivity contribution in [1.29, 1.82) is 0 Å². The van der Waals surface area contributed by atoms with E-state index in [-0.39, 0.29) is 5.91 Å². The maximum atomic E-state index is 12.7. The molecule has 1 aromatic rings. The Kier molecular flexibility index (Phi) is 4.42. The predicted octanol–water partition coefficient (Wildman–Crippen LogP) is 3.24. The summed E-state index contributed by atoms with van der Waals surface area (Å²) < 4.78 is 0.962. The Bertz CT molecular complexity index is 545. The van der Waals surface area contributed by atoms with Crippen LogP contribution in [0.1, 0.15) is 45.1 Å². The third-order valence-corrected chi connectivity index (χ3v) is 5.08. The smallest absolute Gasteiger partial charge is 0.329 e. The molecule has 0 aromatic heterocycles. The molecule has 5 heteroatoms. The topological polar surface area (TPSA) is 66.4 Å². The molecule has 0 radical (unpaired) electrons. The molecule has 1 aromatic carbocycles. The molecule has 0 bridgehead atoms. The molecule has 0 saturated heterocycles. The Morgan fingerprint density at radius 2 is 1.76 bits per heavy atom. The zero-order valence-corrected chi connectivity index (χ0v) is 13.9. The van der Waals surface area contributed by atoms with Crippen molar-refractivity contribution in [3.8, 4) is 0 Å². The van der Waals surface area contributed by atoms with Crippen LogP contribution in [0.4, 0.5) is 0 Å². The lowest BCUT2D eigenvalue weighted by Gasteiger charge is -2.30. The molecular formula is C16H20BrNO3. The number of carboxylic acids is 1. The van der Waals surface area contributed by atoms with Crippen molar-refractivity contribution >= 4 is 27.8 Å². The Labute approximate surface area is 133 Å². The molecule has 1 aliphatic carbocycles. The Balaban J connectivity index is 2.23. The van der Waals surface area contributed by atoms with Crippen molar-refractivity contribution in [3.63, 3.8) is 0 Å². The van der Waals surface area contributed by atoms with Crippen LogP contribution in [0.25, 0.3) is 0 Å². The van der Waals surface area contributed by atoms with Crippen LogP contribution in [0.3, 0.4) is 0 Å². The van der Waals surface area contributed by atoms with Gasteiger partial charge in [0.2, 0.25) is 5.91 Å². The molecule has 2 rings (SSSR count). The maximum absolute atomic E-state index is 12.7. The van der Waals surface area contributed by atoms with E-state index in [1.165, 1.54) is 0 Å². The summed E-state index contributed by atoms with van der Waals surface area (Å²) >= 11 is 3.38. The van der Waals surface area contributed by atoms with Gasteiger partial charge in [-0.15, -0.1) is 0 Å². The number of halogens is 1. The number of aliphatic carboxylic acids is 1. The molecule has 114 valence electrons. The van der Waals surface area contributed by atoms with Gasteiger partial charge in [0.25, 0.3) is 0 Å². The first-order valence-corrected chi connectivity index (χ1v) is 8.01. The predicted molar refractivity (Wildman–Crippen MR) is 84.1 cm³/mol. The molecule has 0 heterocycles. The molecule has 0 spiro atoms. The summed E-state index contributed by atoms with van der Waals surface area (Å²) in [5, 5.41) is 12.2. The summed E-state index contributed by atoms with van der Waals surface area (Å²) in [6.45, 7) is 3.58. The first-order chi connectivity index (χ1) is 9.90. The number of hydrogen-bond donors (Lipinski definition) is 2. The van der Waals surface area contributed by atoms with Crippen molar-refractivity contribution in [2.24, 2.45) is 0 Å². The Hall–Kier alpha value is -1.36. The van der Waals surface area contributed by atoms with E-state index in [0.717, 1.165) is 22.9 Å². The highest BCUT2D eigenvalue weighted by Crippen LogP contribution is 2.49. The number of benzene rings is 1. The zero-order chi connectivity index (χ0) is 15.7. The second kappa shape index (κ2) is 5.79. The second-order valence-electron chi connectivity index (χ2n) is 5.64. The summed E-state index contributed by atoms with van der Waals surface area (Å²) in [4.78, 5) is 24.2. The summed E-state index contributed by atoms with van der Waals surface area (Å²) in [6.07, 6.45) is 2.29. The van der Waals surface area contributed by atoms with Crippen LogP contribution < -0.4 is 5.32 Å². The quantitative estimate of drug-likeness (QED) is 0.824. The molecular weight excluding hydrogens is 334 g/mol. The number of carbonyl (C=O) groups excluding carboxylic acids is 1. The summed E-state index contributed by atoms with van der Waals surface area (Å²) in [5.41, 5.74) is -0.761. The fourth-order valence-corrected chi connectivity index (χ4v) is 2.92. The zero-order valence-electron chi connectivity index (χ0n) is 12.3. The standard InChI is InChI=1S/C16H20BrNO3/c1-3-16(4-2,14(20)21)18-13(19)15(9-10-15)11-5-7-12(17)8-6-11/h5-8H,3-4,9-10H2,1-2H3,(H,18,19)(H,20,21). The number of amides is 1. The maximum Gasteiger partial charge on any atom is 0.329 e. The SMILES string of the molecule is CCC(CC)(NC(=O)C1(c2ccc(Br)cc2)CC1)C(=O)O. The number of carbonyl (C=O) groups is 2.